The molecule has 0 spiro atoms. The summed E-state index contributed by atoms with van der Waals surface area (Å²) < 4.78 is 34.7. The summed E-state index contributed by atoms with van der Waals surface area (Å²) in [7, 11) is -3.02. The molecule has 2 rings (SSSR count). The SMILES string of the molecule is COc1cc(C=O)ccc1OS(=O)(=O)c1ccc(C)c([N+](=O)[O-])c1. The fourth-order valence-corrected chi connectivity index (χ4v) is 2.90. The molecule has 0 amide bonds. The molecule has 2 aromatic rings. The zero-order valence-electron chi connectivity index (χ0n) is 12.8. The fourth-order valence-electron chi connectivity index (χ4n) is 1.93. The molecule has 0 unspecified atom stereocenters. The zero-order chi connectivity index (χ0) is 17.9. The highest BCUT2D eigenvalue weighted by Gasteiger charge is 2.23. The van der Waals surface area contributed by atoms with Crippen LogP contribution in [0.3, 0.4) is 0 Å². The first-order valence-electron chi connectivity index (χ1n) is 6.61. The minimum Gasteiger partial charge on any atom is -0.493 e. The van der Waals surface area contributed by atoms with Crippen molar-refractivity contribution in [1.82, 2.24) is 0 Å². The van der Waals surface area contributed by atoms with E-state index in [0.29, 0.717) is 11.8 Å². The molecule has 0 aromatic heterocycles. The Morgan fingerprint density at radius 2 is 1.83 bits per heavy atom. The minimum atomic E-state index is -4.31. The van der Waals surface area contributed by atoms with Crippen LogP contribution < -0.4 is 8.92 Å². The lowest BCUT2D eigenvalue weighted by atomic mass is 10.2. The summed E-state index contributed by atoms with van der Waals surface area (Å²) in [6.45, 7) is 1.50. The van der Waals surface area contributed by atoms with Gasteiger partial charge in [0, 0.05) is 17.2 Å². The van der Waals surface area contributed by atoms with Crippen molar-refractivity contribution in [3.63, 3.8) is 0 Å². The number of nitro benzene ring substituents is 1. The van der Waals surface area contributed by atoms with Crippen LogP contribution in [0.1, 0.15) is 15.9 Å². The van der Waals surface area contributed by atoms with Gasteiger partial charge in [-0.2, -0.15) is 8.42 Å². The summed E-state index contributed by atoms with van der Waals surface area (Å²) >= 11 is 0. The van der Waals surface area contributed by atoms with E-state index in [1.165, 1.54) is 44.4 Å². The number of nitro groups is 1. The van der Waals surface area contributed by atoms with E-state index in [9.17, 15) is 23.3 Å². The van der Waals surface area contributed by atoms with Gasteiger partial charge >= 0.3 is 10.1 Å². The smallest absolute Gasteiger partial charge is 0.339 e. The highest BCUT2D eigenvalue weighted by molar-refractivity contribution is 7.87. The first-order chi connectivity index (χ1) is 11.3. The molecular formula is C15H13NO7S. The molecule has 0 radical (unpaired) electrons. The van der Waals surface area contributed by atoms with E-state index >= 15 is 0 Å². The van der Waals surface area contributed by atoms with Crippen LogP contribution in [-0.4, -0.2) is 26.7 Å². The van der Waals surface area contributed by atoms with E-state index < -0.39 is 15.0 Å². The molecule has 0 atom stereocenters. The summed E-state index contributed by atoms with van der Waals surface area (Å²) in [5.74, 6) is -0.0869. The average Bonchev–Trinajstić information content (AvgIpc) is 2.54. The maximum absolute atomic E-state index is 12.3. The summed E-state index contributed by atoms with van der Waals surface area (Å²) in [6.07, 6.45) is 0.574. The second-order valence-corrected chi connectivity index (χ2v) is 6.32. The number of carbonyl (C=O) groups excluding carboxylic acids is 1. The van der Waals surface area contributed by atoms with E-state index in [0.717, 1.165) is 6.07 Å². The van der Waals surface area contributed by atoms with Gasteiger partial charge < -0.3 is 8.92 Å². The lowest BCUT2D eigenvalue weighted by Crippen LogP contribution is -2.11. The number of hydrogen-bond donors (Lipinski definition) is 0. The van der Waals surface area contributed by atoms with Gasteiger partial charge in [-0.25, -0.2) is 0 Å². The van der Waals surface area contributed by atoms with Gasteiger partial charge in [0.05, 0.1) is 12.0 Å². The predicted molar refractivity (Wildman–Crippen MR) is 84.0 cm³/mol. The van der Waals surface area contributed by atoms with E-state index in [2.05, 4.69) is 0 Å². The van der Waals surface area contributed by atoms with Crippen LogP contribution in [0.4, 0.5) is 5.69 Å². The normalized spacial score (nSPS) is 10.9. The van der Waals surface area contributed by atoms with Crippen LogP contribution in [0.25, 0.3) is 0 Å². The van der Waals surface area contributed by atoms with Crippen LogP contribution in [0.15, 0.2) is 41.3 Å². The van der Waals surface area contributed by atoms with Crippen molar-refractivity contribution in [2.75, 3.05) is 7.11 Å². The standard InChI is InChI=1S/C15H13NO7S/c1-10-3-5-12(8-13(10)16(18)19)24(20,21)23-14-6-4-11(9-17)7-15(14)22-2/h3-9H,1-2H3. The summed E-state index contributed by atoms with van der Waals surface area (Å²) in [5, 5.41) is 10.9. The molecule has 0 aliphatic rings. The topological polar surface area (TPSA) is 113 Å². The largest absolute Gasteiger partial charge is 0.493 e. The summed E-state index contributed by atoms with van der Waals surface area (Å²) in [6, 6.07) is 7.40. The number of rotatable bonds is 6. The fraction of sp³-hybridized carbons (Fsp3) is 0.133. The van der Waals surface area contributed by atoms with Gasteiger partial charge in [0.15, 0.2) is 11.5 Å². The first kappa shape index (κ1) is 17.4. The molecule has 0 heterocycles. The van der Waals surface area contributed by atoms with Crippen LogP contribution in [0.5, 0.6) is 11.5 Å². The molecule has 0 saturated carbocycles. The number of ether oxygens (including phenoxy) is 1. The second-order valence-electron chi connectivity index (χ2n) is 4.77. The van der Waals surface area contributed by atoms with Crippen molar-refractivity contribution in [2.45, 2.75) is 11.8 Å². The van der Waals surface area contributed by atoms with E-state index in [4.69, 9.17) is 8.92 Å². The van der Waals surface area contributed by atoms with Crippen LogP contribution in [0, 0.1) is 17.0 Å². The van der Waals surface area contributed by atoms with Gasteiger partial charge in [-0.05, 0) is 31.2 Å². The Kier molecular flexibility index (Phi) is 4.84. The average molecular weight is 351 g/mol. The number of benzene rings is 2. The van der Waals surface area contributed by atoms with Gasteiger partial charge in [-0.15, -0.1) is 0 Å². The molecule has 0 aliphatic carbocycles. The van der Waals surface area contributed by atoms with Gasteiger partial charge in [0.2, 0.25) is 0 Å². The van der Waals surface area contributed by atoms with Crippen molar-refractivity contribution in [1.29, 1.82) is 0 Å². The molecule has 0 aliphatic heterocycles. The van der Waals surface area contributed by atoms with E-state index in [1.54, 1.807) is 0 Å². The molecule has 2 aromatic carbocycles. The lowest BCUT2D eigenvalue weighted by molar-refractivity contribution is -0.385. The highest BCUT2D eigenvalue weighted by Crippen LogP contribution is 2.31. The number of methoxy groups -OCH3 is 1. The maximum Gasteiger partial charge on any atom is 0.339 e. The monoisotopic (exact) mass is 351 g/mol. The van der Waals surface area contributed by atoms with Crippen LogP contribution >= 0.6 is 0 Å². The molecule has 24 heavy (non-hydrogen) atoms. The van der Waals surface area contributed by atoms with Crippen molar-refractivity contribution >= 4 is 22.1 Å². The Morgan fingerprint density at radius 1 is 1.12 bits per heavy atom. The first-order valence-corrected chi connectivity index (χ1v) is 8.02. The number of hydrogen-bond acceptors (Lipinski definition) is 7. The third-order valence-electron chi connectivity index (χ3n) is 3.19. The van der Waals surface area contributed by atoms with Crippen LogP contribution in [-0.2, 0) is 10.1 Å². The van der Waals surface area contributed by atoms with E-state index in [-0.39, 0.29) is 27.6 Å². The van der Waals surface area contributed by atoms with E-state index in [1.807, 2.05) is 0 Å². The van der Waals surface area contributed by atoms with Crippen molar-refractivity contribution in [3.8, 4) is 11.5 Å². The van der Waals surface area contributed by atoms with Crippen molar-refractivity contribution in [3.05, 3.63) is 57.6 Å². The third kappa shape index (κ3) is 3.51. The van der Waals surface area contributed by atoms with Gasteiger partial charge in [0.1, 0.15) is 11.2 Å². The Hall–Kier alpha value is -2.94. The predicted octanol–water partition coefficient (Wildman–Crippen LogP) is 2.49. The third-order valence-corrected chi connectivity index (χ3v) is 4.42. The molecule has 0 saturated heterocycles. The second kappa shape index (κ2) is 6.67. The van der Waals surface area contributed by atoms with Crippen molar-refractivity contribution < 1.29 is 27.1 Å². The minimum absolute atomic E-state index is 0.0461. The lowest BCUT2D eigenvalue weighted by Gasteiger charge is -2.11. The van der Waals surface area contributed by atoms with Crippen LogP contribution in [0.2, 0.25) is 0 Å². The number of carbonyl (C=O) groups is 1. The number of nitrogens with zero attached hydrogens (tertiary/aromatic N) is 1. The van der Waals surface area contributed by atoms with Gasteiger partial charge in [-0.1, -0.05) is 6.07 Å². The molecule has 0 bridgehead atoms. The van der Waals surface area contributed by atoms with Gasteiger partial charge in [0.25, 0.3) is 5.69 Å². The Morgan fingerprint density at radius 3 is 2.42 bits per heavy atom. The van der Waals surface area contributed by atoms with Gasteiger partial charge in [-0.3, -0.25) is 14.9 Å². The number of aldehydes is 1. The zero-order valence-corrected chi connectivity index (χ0v) is 13.6. The number of aryl methyl sites for hydroxylation is 1. The molecule has 0 N–H and O–H groups in total. The molecule has 0 fully saturated rings. The Labute approximate surface area is 137 Å². The van der Waals surface area contributed by atoms with Crippen molar-refractivity contribution in [2.24, 2.45) is 0 Å². The summed E-state index contributed by atoms with van der Waals surface area (Å²) in [5.41, 5.74) is 0.275. The Balaban J connectivity index is 2.44. The molecule has 126 valence electrons. The Bertz CT molecular complexity index is 906. The molecule has 9 heteroatoms. The molecule has 8 nitrogen and oxygen atoms in total. The highest BCUT2D eigenvalue weighted by atomic mass is 32.2. The summed E-state index contributed by atoms with van der Waals surface area (Å²) in [4.78, 5) is 20.7. The maximum atomic E-state index is 12.3. The quantitative estimate of drug-likeness (QED) is 0.340. The molecular weight excluding hydrogens is 338 g/mol.